The molecule has 0 aliphatic rings. The highest BCUT2D eigenvalue weighted by atomic mass is 19.1. The number of carbonyl (C=O) groups excluding carboxylic acids is 1. The molecule has 2 nitrogen and oxygen atoms in total. The fourth-order valence-corrected chi connectivity index (χ4v) is 1.73. The third-order valence-electron chi connectivity index (χ3n) is 2.77. The van der Waals surface area contributed by atoms with Crippen molar-refractivity contribution < 1.29 is 18.3 Å². The molecular weight excluding hydrogens is 262 g/mol. The van der Waals surface area contributed by atoms with E-state index in [9.17, 15) is 13.6 Å². The van der Waals surface area contributed by atoms with Gasteiger partial charge in [-0.05, 0) is 29.3 Å². The zero-order valence-corrected chi connectivity index (χ0v) is 10.8. The quantitative estimate of drug-likeness (QED) is 0.628. The highest BCUT2D eigenvalue weighted by Crippen LogP contribution is 2.24. The van der Waals surface area contributed by atoms with Gasteiger partial charge in [-0.1, -0.05) is 24.3 Å². The first-order valence-corrected chi connectivity index (χ1v) is 5.91. The third kappa shape index (κ3) is 3.29. The third-order valence-corrected chi connectivity index (χ3v) is 2.77. The van der Waals surface area contributed by atoms with Crippen molar-refractivity contribution in [2.45, 2.75) is 0 Å². The van der Waals surface area contributed by atoms with Crippen molar-refractivity contribution in [1.29, 1.82) is 0 Å². The van der Waals surface area contributed by atoms with Crippen molar-refractivity contribution in [3.05, 3.63) is 65.7 Å². The second-order valence-corrected chi connectivity index (χ2v) is 4.10. The molecule has 0 saturated carbocycles. The van der Waals surface area contributed by atoms with Crippen molar-refractivity contribution in [1.82, 2.24) is 0 Å². The molecule has 0 radical (unpaired) electrons. The summed E-state index contributed by atoms with van der Waals surface area (Å²) < 4.78 is 30.9. The van der Waals surface area contributed by atoms with Gasteiger partial charge in [-0.3, -0.25) is 0 Å². The minimum absolute atomic E-state index is 0.329. The summed E-state index contributed by atoms with van der Waals surface area (Å²) in [6, 6.07) is 10.3. The summed E-state index contributed by atoms with van der Waals surface area (Å²) in [6.07, 6.45) is 2.89. The fraction of sp³-hybridized carbons (Fsp3) is 0.0625. The molecule has 2 aromatic carbocycles. The average Bonchev–Trinajstić information content (AvgIpc) is 2.45. The van der Waals surface area contributed by atoms with Crippen LogP contribution in [0.1, 0.15) is 5.56 Å². The Morgan fingerprint density at radius 1 is 1.10 bits per heavy atom. The summed E-state index contributed by atoms with van der Waals surface area (Å²) >= 11 is 0. The molecule has 0 amide bonds. The van der Waals surface area contributed by atoms with E-state index >= 15 is 0 Å². The Kier molecular flexibility index (Phi) is 4.25. The van der Waals surface area contributed by atoms with Crippen LogP contribution in [0.5, 0.6) is 0 Å². The number of ether oxygens (including phenoxy) is 1. The second-order valence-electron chi connectivity index (χ2n) is 4.10. The van der Waals surface area contributed by atoms with Crippen molar-refractivity contribution >= 4 is 12.0 Å². The van der Waals surface area contributed by atoms with Gasteiger partial charge in [0.25, 0.3) is 0 Å². The van der Waals surface area contributed by atoms with Crippen molar-refractivity contribution in [2.75, 3.05) is 7.11 Å². The van der Waals surface area contributed by atoms with Gasteiger partial charge in [0.1, 0.15) is 11.6 Å². The largest absolute Gasteiger partial charge is 0.466 e. The predicted octanol–water partition coefficient (Wildman–Crippen LogP) is 3.82. The number of methoxy groups -OCH3 is 1. The first-order chi connectivity index (χ1) is 9.60. The Bertz CT molecular complexity index is 646. The molecule has 0 fully saturated rings. The summed E-state index contributed by atoms with van der Waals surface area (Å²) in [6.45, 7) is 0. The fourth-order valence-electron chi connectivity index (χ4n) is 1.73. The van der Waals surface area contributed by atoms with Crippen molar-refractivity contribution in [2.24, 2.45) is 0 Å². The van der Waals surface area contributed by atoms with Crippen LogP contribution in [0.25, 0.3) is 17.2 Å². The van der Waals surface area contributed by atoms with Crippen LogP contribution in [0.2, 0.25) is 0 Å². The Balaban J connectivity index is 2.24. The van der Waals surface area contributed by atoms with Gasteiger partial charge >= 0.3 is 5.97 Å². The van der Waals surface area contributed by atoms with E-state index in [1.807, 2.05) is 0 Å². The molecule has 0 atom stereocenters. The molecule has 0 unspecified atom stereocenters. The second kappa shape index (κ2) is 6.10. The lowest BCUT2D eigenvalue weighted by Gasteiger charge is -2.04. The zero-order chi connectivity index (χ0) is 14.5. The first-order valence-electron chi connectivity index (χ1n) is 5.91. The lowest BCUT2D eigenvalue weighted by Crippen LogP contribution is -1.93. The molecule has 0 heterocycles. The van der Waals surface area contributed by atoms with Gasteiger partial charge in [0, 0.05) is 17.7 Å². The molecule has 2 rings (SSSR count). The smallest absolute Gasteiger partial charge is 0.330 e. The minimum atomic E-state index is -0.608. The number of carbonyl (C=O) groups is 1. The SMILES string of the molecule is COC(=O)/C=C/c1ccc(-c2ccc(F)cc2F)cc1. The Morgan fingerprint density at radius 2 is 1.80 bits per heavy atom. The Hall–Kier alpha value is -2.49. The normalized spacial score (nSPS) is 10.8. The predicted molar refractivity (Wildman–Crippen MR) is 72.8 cm³/mol. The van der Waals surface area contributed by atoms with E-state index in [1.54, 1.807) is 30.3 Å². The Morgan fingerprint density at radius 3 is 2.40 bits per heavy atom. The molecule has 0 bridgehead atoms. The zero-order valence-electron chi connectivity index (χ0n) is 10.8. The van der Waals surface area contributed by atoms with Crippen LogP contribution in [0.4, 0.5) is 8.78 Å². The summed E-state index contributed by atoms with van der Waals surface area (Å²) in [5.74, 6) is -1.66. The van der Waals surface area contributed by atoms with Crippen molar-refractivity contribution in [3.8, 4) is 11.1 Å². The molecule has 0 N–H and O–H groups in total. The van der Waals surface area contributed by atoms with Crippen LogP contribution < -0.4 is 0 Å². The van der Waals surface area contributed by atoms with Gasteiger partial charge in [-0.15, -0.1) is 0 Å². The van der Waals surface area contributed by atoms with Crippen LogP contribution in [0.3, 0.4) is 0 Å². The highest BCUT2D eigenvalue weighted by Gasteiger charge is 2.05. The maximum Gasteiger partial charge on any atom is 0.330 e. The molecule has 0 saturated heterocycles. The number of hydrogen-bond acceptors (Lipinski definition) is 2. The summed E-state index contributed by atoms with van der Waals surface area (Å²) in [7, 11) is 1.30. The van der Waals surface area contributed by atoms with E-state index < -0.39 is 17.6 Å². The molecule has 0 aliphatic carbocycles. The van der Waals surface area contributed by atoms with E-state index in [0.717, 1.165) is 11.6 Å². The molecule has 102 valence electrons. The maximum absolute atomic E-state index is 13.6. The van der Waals surface area contributed by atoms with E-state index in [-0.39, 0.29) is 0 Å². The van der Waals surface area contributed by atoms with Gasteiger partial charge < -0.3 is 4.74 Å². The molecule has 2 aromatic rings. The highest BCUT2D eigenvalue weighted by molar-refractivity contribution is 5.87. The summed E-state index contributed by atoms with van der Waals surface area (Å²) in [4.78, 5) is 11.0. The lowest BCUT2D eigenvalue weighted by atomic mass is 10.0. The lowest BCUT2D eigenvalue weighted by molar-refractivity contribution is -0.134. The van der Waals surface area contributed by atoms with Gasteiger partial charge in [0.15, 0.2) is 0 Å². The van der Waals surface area contributed by atoms with Gasteiger partial charge in [-0.2, -0.15) is 0 Å². The van der Waals surface area contributed by atoms with Crippen LogP contribution in [-0.4, -0.2) is 13.1 Å². The van der Waals surface area contributed by atoms with Crippen LogP contribution in [-0.2, 0) is 9.53 Å². The Labute approximate surface area is 115 Å². The molecule has 0 aromatic heterocycles. The molecule has 0 aliphatic heterocycles. The molecular formula is C16H12F2O2. The standard InChI is InChI=1S/C16H12F2O2/c1-20-16(19)9-4-11-2-5-12(6-3-11)14-8-7-13(17)10-15(14)18/h2-10H,1H3/b9-4+. The molecule has 0 spiro atoms. The number of benzene rings is 2. The molecule has 20 heavy (non-hydrogen) atoms. The van der Waals surface area contributed by atoms with Crippen LogP contribution in [0, 0.1) is 11.6 Å². The number of hydrogen-bond donors (Lipinski definition) is 0. The van der Waals surface area contributed by atoms with Gasteiger partial charge in [0.05, 0.1) is 7.11 Å². The number of esters is 1. The number of halogens is 2. The minimum Gasteiger partial charge on any atom is -0.466 e. The average molecular weight is 274 g/mol. The first kappa shape index (κ1) is 13.9. The molecule has 4 heteroatoms. The number of rotatable bonds is 3. The summed E-state index contributed by atoms with van der Waals surface area (Å²) in [5, 5.41) is 0. The van der Waals surface area contributed by atoms with Gasteiger partial charge in [-0.25, -0.2) is 13.6 Å². The van der Waals surface area contributed by atoms with Gasteiger partial charge in [0.2, 0.25) is 0 Å². The summed E-state index contributed by atoms with van der Waals surface area (Å²) in [5.41, 5.74) is 1.74. The van der Waals surface area contributed by atoms with Crippen LogP contribution in [0.15, 0.2) is 48.5 Å². The topological polar surface area (TPSA) is 26.3 Å². The van der Waals surface area contributed by atoms with Crippen LogP contribution >= 0.6 is 0 Å². The van der Waals surface area contributed by atoms with E-state index in [4.69, 9.17) is 0 Å². The van der Waals surface area contributed by atoms with E-state index in [1.165, 1.54) is 25.3 Å². The van der Waals surface area contributed by atoms with E-state index in [2.05, 4.69) is 4.74 Å². The maximum atomic E-state index is 13.6. The van der Waals surface area contributed by atoms with Crippen molar-refractivity contribution in [3.63, 3.8) is 0 Å². The monoisotopic (exact) mass is 274 g/mol. The van der Waals surface area contributed by atoms with E-state index in [0.29, 0.717) is 11.1 Å².